The van der Waals surface area contributed by atoms with Gasteiger partial charge in [0.05, 0.1) is 12.4 Å². The zero-order valence-corrected chi connectivity index (χ0v) is 13.2. The van der Waals surface area contributed by atoms with Crippen LogP contribution in [0.2, 0.25) is 0 Å². The molecule has 0 bridgehead atoms. The highest BCUT2D eigenvalue weighted by atomic mass is 32.2. The lowest BCUT2D eigenvalue weighted by Crippen LogP contribution is -2.33. The maximum Gasteiger partial charge on any atom is 0.253 e. The van der Waals surface area contributed by atoms with Crippen LogP contribution in [0.3, 0.4) is 0 Å². The molecule has 1 aromatic rings. The van der Waals surface area contributed by atoms with Gasteiger partial charge in [0.15, 0.2) is 0 Å². The average molecular weight is 314 g/mol. The van der Waals surface area contributed by atoms with Crippen LogP contribution in [0.15, 0.2) is 24.3 Å². The van der Waals surface area contributed by atoms with Crippen molar-refractivity contribution in [3.05, 3.63) is 29.8 Å². The van der Waals surface area contributed by atoms with Gasteiger partial charge in [0, 0.05) is 24.3 Å². The van der Waals surface area contributed by atoms with E-state index in [0.717, 1.165) is 0 Å². The number of rotatable bonds is 8. The second-order valence-corrected chi connectivity index (χ2v) is 6.45. The van der Waals surface area contributed by atoms with Crippen LogP contribution in [0, 0.1) is 0 Å². The summed E-state index contributed by atoms with van der Waals surface area (Å²) < 4.78 is 25.9. The van der Waals surface area contributed by atoms with Gasteiger partial charge in [-0.2, -0.15) is 0 Å². The van der Waals surface area contributed by atoms with Crippen molar-refractivity contribution in [3.63, 3.8) is 0 Å². The summed E-state index contributed by atoms with van der Waals surface area (Å²) in [5.74, 6) is -0.195. The number of hydrogen-bond acceptors (Lipinski definition) is 4. The zero-order chi connectivity index (χ0) is 15.9. The summed E-state index contributed by atoms with van der Waals surface area (Å²) in [6.45, 7) is 4.23. The lowest BCUT2D eigenvalue weighted by molar-refractivity contribution is 0.0732. The van der Waals surface area contributed by atoms with E-state index in [1.54, 1.807) is 25.1 Å². The number of amides is 1. The van der Waals surface area contributed by atoms with Gasteiger partial charge in [0.1, 0.15) is 0 Å². The molecule has 21 heavy (non-hydrogen) atoms. The van der Waals surface area contributed by atoms with Crippen molar-refractivity contribution in [3.8, 4) is 0 Å². The van der Waals surface area contributed by atoms with E-state index in [2.05, 4.69) is 4.72 Å². The number of anilines is 1. The van der Waals surface area contributed by atoms with Gasteiger partial charge in [-0.15, -0.1) is 0 Å². The molecule has 0 unspecified atom stereocenters. The quantitative estimate of drug-likeness (QED) is 0.757. The van der Waals surface area contributed by atoms with E-state index in [1.165, 1.54) is 11.0 Å². The molecule has 0 spiro atoms. The van der Waals surface area contributed by atoms with Crippen LogP contribution in [0.5, 0.6) is 0 Å². The summed E-state index contributed by atoms with van der Waals surface area (Å²) in [6.07, 6.45) is 0.522. The molecule has 0 radical (unpaired) electrons. The third-order valence-electron chi connectivity index (χ3n) is 2.89. The summed E-state index contributed by atoms with van der Waals surface area (Å²) in [7, 11) is -3.38. The largest absolute Gasteiger partial charge is 0.395 e. The number of nitrogens with zero attached hydrogens (tertiary/aromatic N) is 1. The van der Waals surface area contributed by atoms with E-state index in [1.807, 2.05) is 6.92 Å². The Bertz CT molecular complexity index is 572. The number of carbonyl (C=O) groups excluding carboxylic acids is 1. The molecular weight excluding hydrogens is 292 g/mol. The fraction of sp³-hybridized carbons (Fsp3) is 0.500. The van der Waals surface area contributed by atoms with Crippen molar-refractivity contribution < 1.29 is 18.3 Å². The van der Waals surface area contributed by atoms with Crippen LogP contribution in [0.25, 0.3) is 0 Å². The predicted molar refractivity (Wildman–Crippen MR) is 82.8 cm³/mol. The molecule has 1 aromatic carbocycles. The molecule has 1 amide bonds. The third kappa shape index (κ3) is 5.35. The molecule has 0 aliphatic heterocycles. The molecule has 0 aliphatic carbocycles. The predicted octanol–water partition coefficient (Wildman–Crippen LogP) is 1.29. The molecule has 0 saturated carbocycles. The van der Waals surface area contributed by atoms with Gasteiger partial charge in [-0.25, -0.2) is 8.42 Å². The van der Waals surface area contributed by atoms with Crippen molar-refractivity contribution in [2.45, 2.75) is 20.3 Å². The van der Waals surface area contributed by atoms with Gasteiger partial charge in [0.2, 0.25) is 10.0 Å². The van der Waals surface area contributed by atoms with Crippen LogP contribution >= 0.6 is 0 Å². The van der Waals surface area contributed by atoms with Crippen molar-refractivity contribution >= 4 is 21.6 Å². The van der Waals surface area contributed by atoms with E-state index in [0.29, 0.717) is 24.2 Å². The maximum atomic E-state index is 12.2. The second-order valence-electron chi connectivity index (χ2n) is 4.61. The molecule has 6 nitrogen and oxygen atoms in total. The molecule has 0 heterocycles. The molecule has 0 saturated heterocycles. The van der Waals surface area contributed by atoms with Crippen LogP contribution < -0.4 is 4.72 Å². The minimum absolute atomic E-state index is 0.0385. The highest BCUT2D eigenvalue weighted by molar-refractivity contribution is 7.92. The summed E-state index contributed by atoms with van der Waals surface area (Å²) in [5, 5.41) is 8.94. The molecule has 2 N–H and O–H groups in total. The molecule has 0 aliphatic rings. The monoisotopic (exact) mass is 314 g/mol. The molecule has 0 atom stereocenters. The summed E-state index contributed by atoms with van der Waals surface area (Å²) in [4.78, 5) is 13.7. The van der Waals surface area contributed by atoms with Crippen LogP contribution in [0.4, 0.5) is 5.69 Å². The number of sulfonamides is 1. The van der Waals surface area contributed by atoms with Crippen LogP contribution in [-0.2, 0) is 10.0 Å². The van der Waals surface area contributed by atoms with Gasteiger partial charge >= 0.3 is 0 Å². The van der Waals surface area contributed by atoms with Gasteiger partial charge in [-0.1, -0.05) is 13.0 Å². The van der Waals surface area contributed by atoms with Crippen molar-refractivity contribution in [2.75, 3.05) is 30.2 Å². The Morgan fingerprint density at radius 1 is 1.33 bits per heavy atom. The smallest absolute Gasteiger partial charge is 0.253 e. The van der Waals surface area contributed by atoms with E-state index < -0.39 is 10.0 Å². The molecule has 118 valence electrons. The number of aliphatic hydroxyl groups excluding tert-OH is 1. The summed E-state index contributed by atoms with van der Waals surface area (Å²) in [6, 6.07) is 6.37. The Hall–Kier alpha value is -1.60. The SMILES string of the molecule is CCCS(=O)(=O)Nc1cccc(C(=O)N(CC)CCO)c1. The second kappa shape index (κ2) is 7.99. The molecule has 7 heteroatoms. The van der Waals surface area contributed by atoms with Gasteiger partial charge in [-0.3, -0.25) is 9.52 Å². The lowest BCUT2D eigenvalue weighted by Gasteiger charge is -2.20. The van der Waals surface area contributed by atoms with E-state index >= 15 is 0 Å². The molecule has 1 rings (SSSR count). The van der Waals surface area contributed by atoms with Crippen LogP contribution in [-0.4, -0.2) is 49.8 Å². The number of nitrogens with one attached hydrogen (secondary N) is 1. The highest BCUT2D eigenvalue weighted by Crippen LogP contribution is 2.14. The minimum atomic E-state index is -3.38. The van der Waals surface area contributed by atoms with Crippen molar-refractivity contribution in [1.82, 2.24) is 4.90 Å². The fourth-order valence-corrected chi connectivity index (χ4v) is 3.05. The maximum absolute atomic E-state index is 12.2. The lowest BCUT2D eigenvalue weighted by atomic mass is 10.2. The topological polar surface area (TPSA) is 86.7 Å². The van der Waals surface area contributed by atoms with Crippen molar-refractivity contribution in [2.24, 2.45) is 0 Å². The normalized spacial score (nSPS) is 11.2. The third-order valence-corrected chi connectivity index (χ3v) is 4.39. The summed E-state index contributed by atoms with van der Waals surface area (Å²) in [5.41, 5.74) is 0.761. The van der Waals surface area contributed by atoms with E-state index in [-0.39, 0.29) is 24.8 Å². The highest BCUT2D eigenvalue weighted by Gasteiger charge is 2.15. The van der Waals surface area contributed by atoms with Gasteiger partial charge in [0.25, 0.3) is 5.91 Å². The van der Waals surface area contributed by atoms with Crippen molar-refractivity contribution in [1.29, 1.82) is 0 Å². The van der Waals surface area contributed by atoms with Gasteiger partial charge < -0.3 is 10.0 Å². The minimum Gasteiger partial charge on any atom is -0.395 e. The Morgan fingerprint density at radius 2 is 2.05 bits per heavy atom. The first-order valence-electron chi connectivity index (χ1n) is 6.94. The number of hydrogen-bond donors (Lipinski definition) is 2. The Balaban J connectivity index is 2.92. The number of carbonyl (C=O) groups is 1. The molecule has 0 aromatic heterocycles. The number of aliphatic hydroxyl groups is 1. The van der Waals surface area contributed by atoms with Gasteiger partial charge in [-0.05, 0) is 31.5 Å². The first kappa shape index (κ1) is 17.5. The number of likely N-dealkylation sites (N-methyl/N-ethyl adjacent to an activating group) is 1. The molecule has 0 fully saturated rings. The zero-order valence-electron chi connectivity index (χ0n) is 12.4. The fourth-order valence-electron chi connectivity index (χ4n) is 1.92. The van der Waals surface area contributed by atoms with Crippen LogP contribution in [0.1, 0.15) is 30.6 Å². The first-order chi connectivity index (χ1) is 9.93. The average Bonchev–Trinajstić information content (AvgIpc) is 2.43. The Labute approximate surface area is 125 Å². The summed E-state index contributed by atoms with van der Waals surface area (Å²) >= 11 is 0. The van der Waals surface area contributed by atoms with E-state index in [4.69, 9.17) is 5.11 Å². The Morgan fingerprint density at radius 3 is 2.62 bits per heavy atom. The Kier molecular flexibility index (Phi) is 6.64. The number of benzene rings is 1. The standard InChI is InChI=1S/C14H22N2O4S/c1-3-10-21(19,20)15-13-7-5-6-12(11-13)14(18)16(4-2)8-9-17/h5-7,11,15,17H,3-4,8-10H2,1-2H3. The van der Waals surface area contributed by atoms with E-state index in [9.17, 15) is 13.2 Å². The first-order valence-corrected chi connectivity index (χ1v) is 8.59. The molecular formula is C14H22N2O4S.